The van der Waals surface area contributed by atoms with Crippen molar-refractivity contribution in [2.24, 2.45) is 0 Å². The molecule has 1 amide bonds. The zero-order valence-corrected chi connectivity index (χ0v) is 16.4. The molecule has 7 nitrogen and oxygen atoms in total. The number of nitrogens with one attached hydrogen (secondary N) is 1. The third kappa shape index (κ3) is 3.87. The number of nitrogens with zero attached hydrogens (tertiary/aromatic N) is 5. The first-order valence-electron chi connectivity index (χ1n) is 8.48. The number of rotatable bonds is 6. The van der Waals surface area contributed by atoms with Gasteiger partial charge < -0.3 is 0 Å². The van der Waals surface area contributed by atoms with E-state index in [2.05, 4.69) is 25.5 Å². The molecule has 3 aromatic heterocycles. The number of anilines is 1. The van der Waals surface area contributed by atoms with E-state index in [1.54, 1.807) is 24.4 Å². The predicted octanol–water partition coefficient (Wildman–Crippen LogP) is 3.70. The Morgan fingerprint density at radius 3 is 2.82 bits per heavy atom. The molecule has 1 aromatic carbocycles. The topological polar surface area (TPSA) is 85.6 Å². The third-order valence-corrected chi connectivity index (χ3v) is 5.74. The maximum Gasteiger partial charge on any atom is 0.236 e. The summed E-state index contributed by atoms with van der Waals surface area (Å²) in [6.07, 6.45) is 2.45. The number of pyridine rings is 1. The third-order valence-electron chi connectivity index (χ3n) is 3.82. The fraction of sp³-hybridized carbons (Fsp3) is 0.167. The van der Waals surface area contributed by atoms with E-state index < -0.39 is 0 Å². The number of fused-ring (bicyclic) bond motifs is 1. The van der Waals surface area contributed by atoms with Gasteiger partial charge in [0, 0.05) is 11.9 Å². The lowest BCUT2D eigenvalue weighted by Crippen LogP contribution is -2.14. The van der Waals surface area contributed by atoms with Crippen LogP contribution in [0.4, 0.5) is 9.52 Å². The molecule has 28 heavy (non-hydrogen) atoms. The van der Waals surface area contributed by atoms with Gasteiger partial charge >= 0.3 is 0 Å². The number of carbonyl (C=O) groups excluding carboxylic acids is 1. The highest BCUT2D eigenvalue weighted by Gasteiger charge is 2.16. The molecule has 4 aromatic rings. The van der Waals surface area contributed by atoms with Crippen molar-refractivity contribution in [2.75, 3.05) is 11.1 Å². The average molecular weight is 414 g/mol. The van der Waals surface area contributed by atoms with Crippen LogP contribution in [0.5, 0.6) is 0 Å². The molecule has 0 saturated heterocycles. The summed E-state index contributed by atoms with van der Waals surface area (Å²) < 4.78 is 15.1. The fourth-order valence-electron chi connectivity index (χ4n) is 2.54. The van der Waals surface area contributed by atoms with Gasteiger partial charge in [-0.15, -0.1) is 10.2 Å². The maximum atomic E-state index is 13.3. The molecule has 10 heteroatoms. The summed E-state index contributed by atoms with van der Waals surface area (Å²) in [6, 6.07) is 9.72. The molecule has 0 aliphatic rings. The van der Waals surface area contributed by atoms with Crippen LogP contribution in [0.1, 0.15) is 11.9 Å². The van der Waals surface area contributed by atoms with Crippen molar-refractivity contribution in [2.45, 2.75) is 18.5 Å². The Kier molecular flexibility index (Phi) is 5.31. The molecule has 0 bridgehead atoms. The number of halogens is 1. The second-order valence-corrected chi connectivity index (χ2v) is 7.75. The van der Waals surface area contributed by atoms with Crippen molar-refractivity contribution in [3.63, 3.8) is 0 Å². The molecule has 142 valence electrons. The van der Waals surface area contributed by atoms with Gasteiger partial charge in [-0.25, -0.2) is 14.4 Å². The van der Waals surface area contributed by atoms with Crippen molar-refractivity contribution in [1.82, 2.24) is 24.7 Å². The zero-order valence-electron chi connectivity index (χ0n) is 14.8. The Bertz CT molecular complexity index is 1120. The van der Waals surface area contributed by atoms with Gasteiger partial charge in [-0.2, -0.15) is 0 Å². The van der Waals surface area contributed by atoms with Crippen molar-refractivity contribution in [3.8, 4) is 5.69 Å². The van der Waals surface area contributed by atoms with Crippen LogP contribution in [-0.4, -0.2) is 36.4 Å². The second kappa shape index (κ2) is 8.03. The Morgan fingerprint density at radius 2 is 2.07 bits per heavy atom. The molecule has 0 atom stereocenters. The monoisotopic (exact) mass is 414 g/mol. The summed E-state index contributed by atoms with van der Waals surface area (Å²) in [5.74, 6) is -0.376. The molecular formula is C18H15FN6OS2. The Balaban J connectivity index is 1.57. The van der Waals surface area contributed by atoms with Gasteiger partial charge in [-0.05, 0) is 42.8 Å². The number of imidazole rings is 1. The molecule has 1 N–H and O–H groups in total. The minimum atomic E-state index is -0.321. The highest BCUT2D eigenvalue weighted by atomic mass is 32.2. The van der Waals surface area contributed by atoms with E-state index in [1.165, 1.54) is 35.2 Å². The number of benzene rings is 1. The summed E-state index contributed by atoms with van der Waals surface area (Å²) in [4.78, 5) is 21.3. The Hall–Kier alpha value is -2.85. The Morgan fingerprint density at radius 1 is 1.25 bits per heavy atom. The molecule has 0 saturated carbocycles. The normalized spacial score (nSPS) is 11.1. The molecular weight excluding hydrogens is 399 g/mol. The van der Waals surface area contributed by atoms with Gasteiger partial charge in [0.2, 0.25) is 11.0 Å². The summed E-state index contributed by atoms with van der Waals surface area (Å²) in [5.41, 5.74) is 2.07. The van der Waals surface area contributed by atoms with Gasteiger partial charge in [0.15, 0.2) is 10.8 Å². The second-order valence-electron chi connectivity index (χ2n) is 5.74. The lowest BCUT2D eigenvalue weighted by molar-refractivity contribution is -0.113. The lowest BCUT2D eigenvalue weighted by atomic mass is 10.3. The number of hydrogen-bond donors (Lipinski definition) is 1. The van der Waals surface area contributed by atoms with Crippen LogP contribution in [-0.2, 0) is 11.2 Å². The van der Waals surface area contributed by atoms with Gasteiger partial charge in [0.05, 0.1) is 5.75 Å². The van der Waals surface area contributed by atoms with Crippen LogP contribution in [0, 0.1) is 5.82 Å². The van der Waals surface area contributed by atoms with Gasteiger partial charge in [-0.1, -0.05) is 30.0 Å². The highest BCUT2D eigenvalue weighted by Crippen LogP contribution is 2.27. The summed E-state index contributed by atoms with van der Waals surface area (Å²) in [6.45, 7) is 1.98. The summed E-state index contributed by atoms with van der Waals surface area (Å²) in [5, 5.41) is 12.6. The number of aryl methyl sites for hydroxylation is 1. The quantitative estimate of drug-likeness (QED) is 0.484. The molecule has 0 aliphatic heterocycles. The molecule has 0 aliphatic carbocycles. The van der Waals surface area contributed by atoms with Crippen molar-refractivity contribution < 1.29 is 9.18 Å². The maximum absolute atomic E-state index is 13.3. The van der Waals surface area contributed by atoms with E-state index in [1.807, 2.05) is 17.6 Å². The fourth-order valence-corrected chi connectivity index (χ4v) is 4.06. The first-order chi connectivity index (χ1) is 13.6. The lowest BCUT2D eigenvalue weighted by Gasteiger charge is -2.08. The number of amides is 1. The van der Waals surface area contributed by atoms with Gasteiger partial charge in [-0.3, -0.25) is 14.7 Å². The van der Waals surface area contributed by atoms with Crippen LogP contribution >= 0.6 is 23.1 Å². The molecule has 0 unspecified atom stereocenters. The summed E-state index contributed by atoms with van der Waals surface area (Å²) >= 11 is 2.63. The van der Waals surface area contributed by atoms with Crippen molar-refractivity contribution in [3.05, 3.63) is 53.4 Å². The molecule has 0 radical (unpaired) electrons. The van der Waals surface area contributed by atoms with E-state index >= 15 is 0 Å². The molecule has 3 heterocycles. The van der Waals surface area contributed by atoms with Gasteiger partial charge in [0.25, 0.3) is 0 Å². The van der Waals surface area contributed by atoms with Crippen molar-refractivity contribution >= 4 is 45.3 Å². The number of carbonyl (C=O) groups is 1. The number of thioether (sulfide) groups is 1. The Labute approximate surface area is 168 Å². The zero-order chi connectivity index (χ0) is 19.5. The van der Waals surface area contributed by atoms with E-state index in [0.29, 0.717) is 21.5 Å². The predicted molar refractivity (Wildman–Crippen MR) is 107 cm³/mol. The smallest absolute Gasteiger partial charge is 0.236 e. The highest BCUT2D eigenvalue weighted by molar-refractivity contribution is 7.99. The minimum absolute atomic E-state index is 0.144. The van der Waals surface area contributed by atoms with E-state index in [9.17, 15) is 9.18 Å². The van der Waals surface area contributed by atoms with E-state index in [-0.39, 0.29) is 17.5 Å². The average Bonchev–Trinajstić information content (AvgIpc) is 3.31. The molecule has 0 spiro atoms. The standard InChI is InChI=1S/C18H15FN6OS2/c1-2-15-23-24-17(28-15)22-14(26)10-27-18-21-13-4-3-9-20-16(13)25(18)12-7-5-11(19)6-8-12/h3-9H,2,10H2,1H3,(H,22,24,26). The number of hydrogen-bond acceptors (Lipinski definition) is 7. The molecule has 0 fully saturated rings. The first-order valence-corrected chi connectivity index (χ1v) is 10.3. The van der Waals surface area contributed by atoms with Crippen LogP contribution in [0.15, 0.2) is 47.8 Å². The number of aromatic nitrogens is 5. The molecule has 4 rings (SSSR count). The SMILES string of the molecule is CCc1nnc(NC(=O)CSc2nc3cccnc3n2-c2ccc(F)cc2)s1. The van der Waals surface area contributed by atoms with Gasteiger partial charge in [0.1, 0.15) is 16.3 Å². The van der Waals surface area contributed by atoms with Crippen LogP contribution in [0.25, 0.3) is 16.9 Å². The van der Waals surface area contributed by atoms with Crippen LogP contribution in [0.3, 0.4) is 0 Å². The minimum Gasteiger partial charge on any atom is -0.300 e. The van der Waals surface area contributed by atoms with Crippen LogP contribution in [0.2, 0.25) is 0 Å². The van der Waals surface area contributed by atoms with Crippen molar-refractivity contribution in [1.29, 1.82) is 0 Å². The van der Waals surface area contributed by atoms with E-state index in [4.69, 9.17) is 0 Å². The first kappa shape index (κ1) is 18.5. The summed E-state index contributed by atoms with van der Waals surface area (Å²) in [7, 11) is 0. The van der Waals surface area contributed by atoms with E-state index in [0.717, 1.165) is 17.1 Å². The van der Waals surface area contributed by atoms with Crippen LogP contribution < -0.4 is 5.32 Å². The largest absolute Gasteiger partial charge is 0.300 e.